The number of rotatable bonds is 3. The van der Waals surface area contributed by atoms with E-state index in [2.05, 4.69) is 4.74 Å². The Labute approximate surface area is 93.2 Å². The van der Waals surface area contributed by atoms with Crippen molar-refractivity contribution in [1.82, 2.24) is 4.90 Å². The summed E-state index contributed by atoms with van der Waals surface area (Å²) in [6.07, 6.45) is 0.0172. The summed E-state index contributed by atoms with van der Waals surface area (Å²) in [5.41, 5.74) is -1.29. The number of nitrogens with zero attached hydrogens (tertiary/aromatic N) is 1. The van der Waals surface area contributed by atoms with E-state index in [0.29, 0.717) is 0 Å². The minimum atomic E-state index is -1.29. The Morgan fingerprint density at radius 2 is 2.06 bits per heavy atom. The highest BCUT2D eigenvalue weighted by atomic mass is 16.5. The molecular formula is C10H15NO5. The molecule has 1 amide bonds. The number of ether oxygens (including phenoxy) is 1. The topological polar surface area (TPSA) is 83.9 Å². The Bertz CT molecular complexity index is 336. The van der Waals surface area contributed by atoms with Crippen molar-refractivity contribution < 1.29 is 24.2 Å². The van der Waals surface area contributed by atoms with Gasteiger partial charge in [-0.05, 0) is 13.8 Å². The largest absolute Gasteiger partial charge is 0.480 e. The number of carboxylic acids is 1. The number of methoxy groups -OCH3 is 1. The SMILES string of the molecule is COC(=O)C1CC(=O)N(C(C)(C)C(=O)O)C1. The average Bonchev–Trinajstić information content (AvgIpc) is 2.59. The third-order valence-corrected chi connectivity index (χ3v) is 2.86. The lowest BCUT2D eigenvalue weighted by Gasteiger charge is -2.31. The quantitative estimate of drug-likeness (QED) is 0.681. The second-order valence-electron chi connectivity index (χ2n) is 4.29. The predicted octanol–water partition coefficient (Wildman–Crippen LogP) is -0.129. The van der Waals surface area contributed by atoms with Gasteiger partial charge in [0.15, 0.2) is 0 Å². The first-order valence-electron chi connectivity index (χ1n) is 4.92. The molecule has 0 radical (unpaired) electrons. The van der Waals surface area contributed by atoms with Crippen LogP contribution in [0.3, 0.4) is 0 Å². The third-order valence-electron chi connectivity index (χ3n) is 2.86. The Morgan fingerprint density at radius 1 is 1.50 bits per heavy atom. The minimum Gasteiger partial charge on any atom is -0.480 e. The highest BCUT2D eigenvalue weighted by molar-refractivity contribution is 5.91. The van der Waals surface area contributed by atoms with Crippen LogP contribution in [-0.4, -0.2) is 47.0 Å². The highest BCUT2D eigenvalue weighted by Crippen LogP contribution is 2.26. The van der Waals surface area contributed by atoms with E-state index in [1.165, 1.54) is 25.9 Å². The molecule has 1 fully saturated rings. The van der Waals surface area contributed by atoms with Gasteiger partial charge in [0, 0.05) is 13.0 Å². The van der Waals surface area contributed by atoms with Crippen LogP contribution in [0.15, 0.2) is 0 Å². The maximum atomic E-state index is 11.6. The maximum absolute atomic E-state index is 11.6. The lowest BCUT2D eigenvalue weighted by atomic mass is 10.0. The summed E-state index contributed by atoms with van der Waals surface area (Å²) in [4.78, 5) is 35.1. The molecule has 1 aliphatic rings. The Kier molecular flexibility index (Phi) is 3.21. The van der Waals surface area contributed by atoms with Crippen LogP contribution in [0.5, 0.6) is 0 Å². The second kappa shape index (κ2) is 4.11. The third kappa shape index (κ3) is 2.00. The first kappa shape index (κ1) is 12.5. The molecule has 0 spiro atoms. The fraction of sp³-hybridized carbons (Fsp3) is 0.700. The molecule has 6 heteroatoms. The van der Waals surface area contributed by atoms with E-state index in [1.807, 2.05) is 0 Å². The molecule has 1 saturated heterocycles. The van der Waals surface area contributed by atoms with Crippen LogP contribution in [0.25, 0.3) is 0 Å². The van der Waals surface area contributed by atoms with E-state index >= 15 is 0 Å². The van der Waals surface area contributed by atoms with Crippen molar-refractivity contribution in [3.8, 4) is 0 Å². The standard InChI is InChI=1S/C10H15NO5/c1-10(2,9(14)15)11-5-6(4-7(11)12)8(13)16-3/h6H,4-5H2,1-3H3,(H,14,15). The molecule has 0 bridgehead atoms. The zero-order chi connectivity index (χ0) is 12.5. The molecule has 16 heavy (non-hydrogen) atoms. The number of carbonyl (C=O) groups excluding carboxylic acids is 2. The van der Waals surface area contributed by atoms with Gasteiger partial charge >= 0.3 is 11.9 Å². The van der Waals surface area contributed by atoms with E-state index in [1.54, 1.807) is 0 Å². The molecule has 1 atom stereocenters. The normalized spacial score (nSPS) is 21.1. The lowest BCUT2D eigenvalue weighted by molar-refractivity contribution is -0.155. The van der Waals surface area contributed by atoms with Gasteiger partial charge in [-0.3, -0.25) is 9.59 Å². The molecular weight excluding hydrogens is 214 g/mol. The number of amides is 1. The van der Waals surface area contributed by atoms with Crippen LogP contribution in [0.2, 0.25) is 0 Å². The van der Waals surface area contributed by atoms with Gasteiger partial charge in [-0.2, -0.15) is 0 Å². The number of likely N-dealkylation sites (tertiary alicyclic amines) is 1. The Hall–Kier alpha value is -1.59. The molecule has 0 aliphatic carbocycles. The molecule has 6 nitrogen and oxygen atoms in total. The van der Waals surface area contributed by atoms with Crippen LogP contribution < -0.4 is 0 Å². The Morgan fingerprint density at radius 3 is 2.50 bits per heavy atom. The van der Waals surface area contributed by atoms with Crippen molar-refractivity contribution in [2.45, 2.75) is 25.8 Å². The second-order valence-corrected chi connectivity index (χ2v) is 4.29. The van der Waals surface area contributed by atoms with Crippen LogP contribution in [-0.2, 0) is 19.1 Å². The van der Waals surface area contributed by atoms with E-state index in [-0.39, 0.29) is 18.9 Å². The fourth-order valence-corrected chi connectivity index (χ4v) is 1.69. The monoisotopic (exact) mass is 229 g/mol. The smallest absolute Gasteiger partial charge is 0.329 e. The highest BCUT2D eigenvalue weighted by Gasteiger charge is 2.45. The lowest BCUT2D eigenvalue weighted by Crippen LogP contribution is -2.51. The number of hydrogen-bond donors (Lipinski definition) is 1. The van der Waals surface area contributed by atoms with Gasteiger partial charge in [0.1, 0.15) is 5.54 Å². The molecule has 0 saturated carbocycles. The molecule has 90 valence electrons. The van der Waals surface area contributed by atoms with Gasteiger partial charge in [-0.25, -0.2) is 4.79 Å². The van der Waals surface area contributed by atoms with E-state index in [4.69, 9.17) is 5.11 Å². The molecule has 1 heterocycles. The summed E-state index contributed by atoms with van der Waals surface area (Å²) in [5.74, 6) is -2.46. The number of esters is 1. The number of carboxylic acid groups (broad SMARTS) is 1. The summed E-state index contributed by atoms with van der Waals surface area (Å²) in [7, 11) is 1.25. The van der Waals surface area contributed by atoms with Gasteiger partial charge in [-0.15, -0.1) is 0 Å². The number of aliphatic carboxylic acids is 1. The summed E-state index contributed by atoms with van der Waals surface area (Å²) in [5, 5.41) is 8.99. The maximum Gasteiger partial charge on any atom is 0.329 e. The van der Waals surface area contributed by atoms with Gasteiger partial charge in [0.05, 0.1) is 13.0 Å². The first-order chi connectivity index (χ1) is 7.30. The number of carbonyl (C=O) groups is 3. The minimum absolute atomic E-state index is 0.0172. The molecule has 0 aromatic heterocycles. The predicted molar refractivity (Wildman–Crippen MR) is 53.6 cm³/mol. The van der Waals surface area contributed by atoms with Crippen LogP contribution in [0.1, 0.15) is 20.3 Å². The van der Waals surface area contributed by atoms with Crippen molar-refractivity contribution in [3.63, 3.8) is 0 Å². The average molecular weight is 229 g/mol. The van der Waals surface area contributed by atoms with Crippen molar-refractivity contribution >= 4 is 17.8 Å². The van der Waals surface area contributed by atoms with Gasteiger partial charge < -0.3 is 14.7 Å². The fourth-order valence-electron chi connectivity index (χ4n) is 1.69. The molecule has 0 aromatic rings. The van der Waals surface area contributed by atoms with Gasteiger partial charge in [0.2, 0.25) is 5.91 Å². The molecule has 1 aliphatic heterocycles. The summed E-state index contributed by atoms with van der Waals surface area (Å²) < 4.78 is 4.54. The molecule has 1 unspecified atom stereocenters. The van der Waals surface area contributed by atoms with Gasteiger partial charge in [-0.1, -0.05) is 0 Å². The first-order valence-corrected chi connectivity index (χ1v) is 4.92. The zero-order valence-electron chi connectivity index (χ0n) is 9.52. The van der Waals surface area contributed by atoms with E-state index in [9.17, 15) is 14.4 Å². The summed E-state index contributed by atoms with van der Waals surface area (Å²) >= 11 is 0. The van der Waals surface area contributed by atoms with E-state index < -0.39 is 23.4 Å². The summed E-state index contributed by atoms with van der Waals surface area (Å²) in [6, 6.07) is 0. The van der Waals surface area contributed by atoms with Crippen molar-refractivity contribution in [2.75, 3.05) is 13.7 Å². The molecule has 1 N–H and O–H groups in total. The molecule has 0 aromatic carbocycles. The van der Waals surface area contributed by atoms with Crippen LogP contribution in [0, 0.1) is 5.92 Å². The molecule has 1 rings (SSSR count). The van der Waals surface area contributed by atoms with Crippen molar-refractivity contribution in [1.29, 1.82) is 0 Å². The van der Waals surface area contributed by atoms with Crippen molar-refractivity contribution in [3.05, 3.63) is 0 Å². The van der Waals surface area contributed by atoms with Crippen LogP contribution in [0.4, 0.5) is 0 Å². The van der Waals surface area contributed by atoms with Crippen LogP contribution >= 0.6 is 0 Å². The van der Waals surface area contributed by atoms with Crippen molar-refractivity contribution in [2.24, 2.45) is 5.92 Å². The zero-order valence-corrected chi connectivity index (χ0v) is 9.52. The Balaban J connectivity index is 2.83. The number of hydrogen-bond acceptors (Lipinski definition) is 4. The summed E-state index contributed by atoms with van der Waals surface area (Å²) in [6.45, 7) is 2.98. The van der Waals surface area contributed by atoms with Gasteiger partial charge in [0.25, 0.3) is 0 Å². The van der Waals surface area contributed by atoms with E-state index in [0.717, 1.165) is 0 Å².